The van der Waals surface area contributed by atoms with Crippen molar-refractivity contribution in [3.63, 3.8) is 0 Å². The Balaban J connectivity index is 2.23. The van der Waals surface area contributed by atoms with Gasteiger partial charge in [-0.05, 0) is 37.0 Å². The van der Waals surface area contributed by atoms with Crippen molar-refractivity contribution >= 4 is 25.1 Å². The van der Waals surface area contributed by atoms with Gasteiger partial charge in [-0.1, -0.05) is 25.1 Å². The third kappa shape index (κ3) is 2.07. The van der Waals surface area contributed by atoms with E-state index in [2.05, 4.69) is 19.8 Å². The molecule has 3 unspecified atom stereocenters. The normalized spacial score (nSPS) is 42.3. The molecule has 3 atom stereocenters. The van der Waals surface area contributed by atoms with Gasteiger partial charge < -0.3 is 10.6 Å². The summed E-state index contributed by atoms with van der Waals surface area (Å²) in [6.07, 6.45) is 7.28. The topological polar surface area (TPSA) is 29.3 Å². The first kappa shape index (κ1) is 11.4. The summed E-state index contributed by atoms with van der Waals surface area (Å²) in [5, 5.41) is 0. The van der Waals surface area contributed by atoms with E-state index in [-0.39, 0.29) is 5.44 Å². The van der Waals surface area contributed by atoms with Crippen LogP contribution in [-0.2, 0) is 0 Å². The van der Waals surface area contributed by atoms with Gasteiger partial charge in [-0.3, -0.25) is 0 Å². The van der Waals surface area contributed by atoms with Crippen molar-refractivity contribution in [3.8, 4) is 0 Å². The van der Waals surface area contributed by atoms with E-state index < -0.39 is 0 Å². The van der Waals surface area contributed by atoms with Crippen LogP contribution in [0.5, 0.6) is 0 Å². The van der Waals surface area contributed by atoms with E-state index in [0.29, 0.717) is 12.0 Å². The van der Waals surface area contributed by atoms with E-state index in [9.17, 15) is 0 Å². The first-order chi connectivity index (χ1) is 7.02. The molecule has 4 heteroatoms. The highest BCUT2D eigenvalue weighted by molar-refractivity contribution is 7.80. The summed E-state index contributed by atoms with van der Waals surface area (Å²) in [6, 6.07) is 0.601. The molecule has 1 saturated heterocycles. The molecule has 2 rings (SSSR count). The maximum Gasteiger partial charge on any atom is 0.127 e. The number of fused-ring (bicyclic) bond motifs is 1. The van der Waals surface area contributed by atoms with Gasteiger partial charge in [-0.15, -0.1) is 0 Å². The Morgan fingerprint density at radius 2 is 2.20 bits per heavy atom. The third-order valence-corrected chi connectivity index (χ3v) is 4.83. The number of nitrogens with two attached hydrogens (primary N) is 1. The van der Waals surface area contributed by atoms with Crippen molar-refractivity contribution in [1.29, 1.82) is 0 Å². The number of piperidine rings is 1. The first-order valence-electron chi connectivity index (χ1n) is 6.07. The molecule has 2 N–H and O–H groups in total. The molecule has 2 fully saturated rings. The molecule has 0 bridgehead atoms. The number of rotatable bonds is 0. The second-order valence-corrected chi connectivity index (χ2v) is 5.94. The lowest BCUT2D eigenvalue weighted by Crippen LogP contribution is -2.58. The maximum atomic E-state index is 6.47. The molecule has 15 heavy (non-hydrogen) atoms. The summed E-state index contributed by atoms with van der Waals surface area (Å²) in [5.74, 6) is 0.636. The van der Waals surface area contributed by atoms with Crippen LogP contribution in [0.4, 0.5) is 0 Å². The van der Waals surface area contributed by atoms with Crippen LogP contribution in [-0.4, -0.2) is 36.3 Å². The van der Waals surface area contributed by atoms with E-state index in [1.165, 1.54) is 32.1 Å². The van der Waals surface area contributed by atoms with Crippen LogP contribution in [0.25, 0.3) is 0 Å². The standard InChI is InChI=1S/C11H21BN2S/c1-14-9-4-2-3-7-11(12,13)8(9)5-6-10(14)15/h8-9H,2-7,12-13H2,1H3. The van der Waals surface area contributed by atoms with Gasteiger partial charge in [0.25, 0.3) is 0 Å². The maximum absolute atomic E-state index is 6.47. The zero-order valence-corrected chi connectivity index (χ0v) is 10.6. The minimum atomic E-state index is 0.0193. The SMILES string of the molecule is BC1(N)CCCCC2C1CCC(=S)N2C. The molecule has 0 aromatic heterocycles. The summed E-state index contributed by atoms with van der Waals surface area (Å²) in [4.78, 5) is 3.45. The van der Waals surface area contributed by atoms with Gasteiger partial charge in [0.05, 0.1) is 4.99 Å². The Hall–Kier alpha value is -0.0851. The van der Waals surface area contributed by atoms with Crippen molar-refractivity contribution in [2.45, 2.75) is 50.0 Å². The largest absolute Gasteiger partial charge is 0.366 e. The molecule has 1 aliphatic heterocycles. The fraction of sp³-hybridized carbons (Fsp3) is 0.909. The molecule has 84 valence electrons. The van der Waals surface area contributed by atoms with Gasteiger partial charge in [0.1, 0.15) is 7.85 Å². The number of hydrogen-bond acceptors (Lipinski definition) is 2. The fourth-order valence-corrected chi connectivity index (χ4v) is 3.56. The average molecular weight is 224 g/mol. The minimum absolute atomic E-state index is 0.0193. The highest BCUT2D eigenvalue weighted by atomic mass is 32.1. The van der Waals surface area contributed by atoms with Crippen LogP contribution < -0.4 is 5.73 Å². The van der Waals surface area contributed by atoms with E-state index in [4.69, 9.17) is 18.0 Å². The number of nitrogens with zero attached hydrogens (tertiary/aromatic N) is 1. The van der Waals surface area contributed by atoms with Crippen molar-refractivity contribution in [3.05, 3.63) is 0 Å². The summed E-state index contributed by atoms with van der Waals surface area (Å²) in [7, 11) is 4.39. The Labute approximate surface area is 99.0 Å². The van der Waals surface area contributed by atoms with Crippen molar-refractivity contribution in [2.75, 3.05) is 7.05 Å². The monoisotopic (exact) mass is 224 g/mol. The number of likely N-dealkylation sites (tertiary alicyclic amines) is 1. The van der Waals surface area contributed by atoms with Gasteiger partial charge in [0, 0.05) is 13.1 Å². The summed E-state index contributed by atoms with van der Waals surface area (Å²) in [5.41, 5.74) is 6.49. The van der Waals surface area contributed by atoms with Gasteiger partial charge in [0.2, 0.25) is 0 Å². The Morgan fingerprint density at radius 1 is 1.47 bits per heavy atom. The second kappa shape index (κ2) is 4.06. The van der Waals surface area contributed by atoms with Gasteiger partial charge in [-0.25, -0.2) is 0 Å². The van der Waals surface area contributed by atoms with Crippen LogP contribution in [0.3, 0.4) is 0 Å². The Kier molecular flexibility index (Phi) is 3.08. The molecule has 0 radical (unpaired) electrons. The zero-order valence-electron chi connectivity index (χ0n) is 9.83. The van der Waals surface area contributed by atoms with Crippen molar-refractivity contribution < 1.29 is 0 Å². The molecule has 2 nitrogen and oxygen atoms in total. The fourth-order valence-electron chi connectivity index (χ4n) is 3.31. The van der Waals surface area contributed by atoms with Crippen LogP contribution in [0.2, 0.25) is 0 Å². The highest BCUT2D eigenvalue weighted by Gasteiger charge is 2.42. The van der Waals surface area contributed by atoms with Crippen LogP contribution >= 0.6 is 12.2 Å². The quantitative estimate of drug-likeness (QED) is 0.489. The smallest absolute Gasteiger partial charge is 0.127 e. The predicted octanol–water partition coefficient (Wildman–Crippen LogP) is 0.886. The molecular formula is C11H21BN2S. The zero-order chi connectivity index (χ0) is 11.1. The minimum Gasteiger partial charge on any atom is -0.366 e. The van der Waals surface area contributed by atoms with Gasteiger partial charge in [0.15, 0.2) is 0 Å². The molecule has 1 aliphatic carbocycles. The van der Waals surface area contributed by atoms with E-state index in [0.717, 1.165) is 11.4 Å². The van der Waals surface area contributed by atoms with E-state index in [1.54, 1.807) is 0 Å². The van der Waals surface area contributed by atoms with Crippen molar-refractivity contribution in [1.82, 2.24) is 4.90 Å². The Bertz CT molecular complexity index is 267. The lowest BCUT2D eigenvalue weighted by Gasteiger charge is -2.46. The Morgan fingerprint density at radius 3 is 2.93 bits per heavy atom. The molecular weight excluding hydrogens is 203 g/mol. The molecule has 0 spiro atoms. The molecule has 0 aromatic rings. The number of thiocarbonyl (C=S) groups is 1. The summed E-state index contributed by atoms with van der Waals surface area (Å²) < 4.78 is 0. The molecule has 0 amide bonds. The summed E-state index contributed by atoms with van der Waals surface area (Å²) >= 11 is 5.40. The van der Waals surface area contributed by atoms with E-state index in [1.807, 2.05) is 0 Å². The van der Waals surface area contributed by atoms with E-state index >= 15 is 0 Å². The summed E-state index contributed by atoms with van der Waals surface area (Å²) in [6.45, 7) is 0. The van der Waals surface area contributed by atoms with Crippen LogP contribution in [0.1, 0.15) is 38.5 Å². The number of hydrogen-bond donors (Lipinski definition) is 1. The molecule has 0 aromatic carbocycles. The predicted molar refractivity (Wildman–Crippen MR) is 70.8 cm³/mol. The third-order valence-electron chi connectivity index (χ3n) is 4.34. The molecule has 2 aliphatic rings. The van der Waals surface area contributed by atoms with Crippen molar-refractivity contribution in [2.24, 2.45) is 11.7 Å². The van der Waals surface area contributed by atoms with Crippen LogP contribution in [0.15, 0.2) is 0 Å². The average Bonchev–Trinajstić information content (AvgIpc) is 2.32. The second-order valence-electron chi connectivity index (χ2n) is 5.47. The first-order valence-corrected chi connectivity index (χ1v) is 6.48. The lowest BCUT2D eigenvalue weighted by molar-refractivity contribution is 0.176. The molecule has 1 heterocycles. The molecule has 1 saturated carbocycles. The van der Waals surface area contributed by atoms with Gasteiger partial charge in [-0.2, -0.15) is 0 Å². The lowest BCUT2D eigenvalue weighted by atomic mass is 9.62. The highest BCUT2D eigenvalue weighted by Crippen LogP contribution is 2.37. The van der Waals surface area contributed by atoms with Crippen LogP contribution in [0, 0.1) is 5.92 Å². The van der Waals surface area contributed by atoms with Gasteiger partial charge >= 0.3 is 0 Å².